The first-order valence-electron chi connectivity index (χ1n) is 8.67. The summed E-state index contributed by atoms with van der Waals surface area (Å²) in [6, 6.07) is 10.0. The predicted molar refractivity (Wildman–Crippen MR) is 110 cm³/mol. The van der Waals surface area contributed by atoms with Gasteiger partial charge in [-0.2, -0.15) is 0 Å². The fraction of sp³-hybridized carbons (Fsp3) is 0.286. The Labute approximate surface area is 172 Å². The molecule has 6 heteroatoms. The third-order valence-corrected chi connectivity index (χ3v) is 5.65. The van der Waals surface area contributed by atoms with Crippen molar-refractivity contribution in [1.29, 1.82) is 0 Å². The maximum absolute atomic E-state index is 13.3. The zero-order valence-electron chi connectivity index (χ0n) is 15.2. The van der Waals surface area contributed by atoms with E-state index in [0.29, 0.717) is 11.5 Å². The second kappa shape index (κ2) is 8.73. The van der Waals surface area contributed by atoms with Gasteiger partial charge in [0.15, 0.2) is 11.5 Å². The van der Waals surface area contributed by atoms with E-state index in [-0.39, 0.29) is 24.2 Å². The van der Waals surface area contributed by atoms with Crippen molar-refractivity contribution in [3.05, 3.63) is 69.2 Å². The number of rotatable bonds is 5. The van der Waals surface area contributed by atoms with E-state index in [1.54, 1.807) is 31.3 Å². The minimum atomic E-state index is -0.275. The first kappa shape index (κ1) is 19.7. The van der Waals surface area contributed by atoms with Crippen LogP contribution in [0.2, 0.25) is 0 Å². The molecule has 1 amide bonds. The summed E-state index contributed by atoms with van der Waals surface area (Å²) in [5.74, 6) is 0.957. The Balaban J connectivity index is 1.84. The summed E-state index contributed by atoms with van der Waals surface area (Å²) in [6.45, 7) is 0. The van der Waals surface area contributed by atoms with Crippen molar-refractivity contribution in [3.63, 3.8) is 0 Å². The van der Waals surface area contributed by atoms with Crippen LogP contribution in [0.25, 0.3) is 0 Å². The third kappa shape index (κ3) is 4.43. The molecule has 0 fully saturated rings. The van der Waals surface area contributed by atoms with E-state index in [0.717, 1.165) is 27.5 Å². The predicted octanol–water partition coefficient (Wildman–Crippen LogP) is 4.87. The van der Waals surface area contributed by atoms with E-state index in [2.05, 4.69) is 22.6 Å². The molecule has 0 bridgehead atoms. The highest BCUT2D eigenvalue weighted by atomic mass is 127. The zero-order chi connectivity index (χ0) is 19.4. The largest absolute Gasteiger partial charge is 0.493 e. The molecule has 0 spiro atoms. The number of hydrogen-bond acceptors (Lipinski definition) is 3. The van der Waals surface area contributed by atoms with E-state index in [9.17, 15) is 9.18 Å². The van der Waals surface area contributed by atoms with Gasteiger partial charge in [-0.1, -0.05) is 18.2 Å². The zero-order valence-corrected chi connectivity index (χ0v) is 17.4. The molecule has 0 N–H and O–H groups in total. The number of hydrogen-bond donors (Lipinski definition) is 0. The molecule has 0 radical (unpaired) electrons. The van der Waals surface area contributed by atoms with Gasteiger partial charge in [0.2, 0.25) is 5.91 Å². The lowest BCUT2D eigenvalue weighted by atomic mass is 9.97. The lowest BCUT2D eigenvalue weighted by Gasteiger charge is -2.32. The number of ether oxygens (including phenoxy) is 2. The van der Waals surface area contributed by atoms with Crippen LogP contribution >= 0.6 is 22.6 Å². The normalized spacial score (nSPS) is 16.3. The highest BCUT2D eigenvalue weighted by Crippen LogP contribution is 2.34. The summed E-state index contributed by atoms with van der Waals surface area (Å²) in [4.78, 5) is 14.8. The van der Waals surface area contributed by atoms with Crippen molar-refractivity contribution < 1.29 is 18.7 Å². The van der Waals surface area contributed by atoms with Crippen LogP contribution in [0.3, 0.4) is 0 Å². The maximum Gasteiger partial charge on any atom is 0.231 e. The summed E-state index contributed by atoms with van der Waals surface area (Å²) in [7, 11) is 3.17. The molecule has 0 aliphatic carbocycles. The fourth-order valence-electron chi connectivity index (χ4n) is 3.24. The molecule has 0 saturated heterocycles. The molecule has 142 valence electrons. The number of benzene rings is 2. The molecule has 1 heterocycles. The number of halogens is 2. The van der Waals surface area contributed by atoms with Crippen LogP contribution < -0.4 is 9.47 Å². The Morgan fingerprint density at radius 3 is 2.52 bits per heavy atom. The lowest BCUT2D eigenvalue weighted by Crippen LogP contribution is -2.33. The number of carbonyl (C=O) groups is 1. The molecule has 3 rings (SSSR count). The van der Waals surface area contributed by atoms with Crippen molar-refractivity contribution in [3.8, 4) is 11.5 Å². The third-order valence-electron chi connectivity index (χ3n) is 4.65. The molecule has 27 heavy (non-hydrogen) atoms. The number of carbonyl (C=O) groups excluding carboxylic acids is 1. The van der Waals surface area contributed by atoms with E-state index in [1.807, 2.05) is 24.4 Å². The van der Waals surface area contributed by atoms with Crippen LogP contribution in [-0.2, 0) is 11.2 Å². The molecule has 2 aromatic rings. The number of methoxy groups -OCH3 is 2. The van der Waals surface area contributed by atoms with Gasteiger partial charge in [0, 0.05) is 9.77 Å². The Kier molecular flexibility index (Phi) is 6.36. The average Bonchev–Trinajstić information content (AvgIpc) is 2.69. The fourth-order valence-corrected chi connectivity index (χ4v) is 3.87. The van der Waals surface area contributed by atoms with Gasteiger partial charge in [-0.25, -0.2) is 4.39 Å². The summed E-state index contributed by atoms with van der Waals surface area (Å²) in [6.07, 6.45) is 5.79. The van der Waals surface area contributed by atoms with Gasteiger partial charge in [0.1, 0.15) is 5.82 Å². The number of nitrogens with zero attached hydrogens (tertiary/aromatic N) is 1. The molecular weight excluding hydrogens is 460 g/mol. The SMILES string of the molecule is COc1cc(I)c(CC(=O)N2C=CCCC2c2ccc(F)cc2)cc1OC. The first-order valence-corrected chi connectivity index (χ1v) is 9.75. The molecule has 2 aromatic carbocycles. The molecule has 1 aliphatic heterocycles. The van der Waals surface area contributed by atoms with E-state index in [4.69, 9.17) is 9.47 Å². The molecular formula is C21H21FINO3. The second-order valence-corrected chi connectivity index (χ2v) is 7.47. The summed E-state index contributed by atoms with van der Waals surface area (Å²) < 4.78 is 24.9. The van der Waals surface area contributed by atoms with Crippen LogP contribution in [0, 0.1) is 9.39 Å². The smallest absolute Gasteiger partial charge is 0.231 e. The molecule has 0 saturated carbocycles. The summed E-state index contributed by atoms with van der Waals surface area (Å²) in [5, 5.41) is 0. The van der Waals surface area contributed by atoms with Gasteiger partial charge < -0.3 is 14.4 Å². The highest BCUT2D eigenvalue weighted by Gasteiger charge is 2.26. The van der Waals surface area contributed by atoms with Crippen LogP contribution in [0.4, 0.5) is 4.39 Å². The quantitative estimate of drug-likeness (QED) is 0.573. The molecule has 4 nitrogen and oxygen atoms in total. The van der Waals surface area contributed by atoms with Crippen molar-refractivity contribution in [2.45, 2.75) is 25.3 Å². The topological polar surface area (TPSA) is 38.8 Å². The van der Waals surface area contributed by atoms with Crippen LogP contribution in [0.1, 0.15) is 30.0 Å². The average molecular weight is 481 g/mol. The Bertz CT molecular complexity index is 851. The van der Waals surface area contributed by atoms with E-state index < -0.39 is 0 Å². The van der Waals surface area contributed by atoms with Gasteiger partial charge in [-0.05, 0) is 70.8 Å². The monoisotopic (exact) mass is 481 g/mol. The minimum absolute atomic E-state index is 0.00888. The van der Waals surface area contributed by atoms with E-state index in [1.165, 1.54) is 12.1 Å². The number of amides is 1. The molecule has 1 aliphatic rings. The Hall–Kier alpha value is -2.09. The highest BCUT2D eigenvalue weighted by molar-refractivity contribution is 14.1. The Morgan fingerprint density at radius 2 is 1.85 bits per heavy atom. The summed E-state index contributed by atoms with van der Waals surface area (Å²) >= 11 is 2.20. The lowest BCUT2D eigenvalue weighted by molar-refractivity contribution is -0.130. The Morgan fingerprint density at radius 1 is 1.19 bits per heavy atom. The van der Waals surface area contributed by atoms with Crippen LogP contribution in [0.5, 0.6) is 11.5 Å². The van der Waals surface area contributed by atoms with E-state index >= 15 is 0 Å². The maximum atomic E-state index is 13.3. The summed E-state index contributed by atoms with van der Waals surface area (Å²) in [5.41, 5.74) is 1.83. The van der Waals surface area contributed by atoms with Gasteiger partial charge in [0.05, 0.1) is 26.7 Å². The molecule has 1 atom stereocenters. The first-order chi connectivity index (χ1) is 13.0. The molecule has 1 unspecified atom stereocenters. The van der Waals surface area contributed by atoms with Crippen LogP contribution in [0.15, 0.2) is 48.7 Å². The molecule has 0 aromatic heterocycles. The number of allylic oxidation sites excluding steroid dienone is 1. The van der Waals surface area contributed by atoms with Gasteiger partial charge in [-0.3, -0.25) is 4.79 Å². The standard InChI is InChI=1S/C21H21FINO3/c1-26-19-11-15(17(23)13-20(19)27-2)12-21(25)24-10-4-3-5-18(24)14-6-8-16(22)9-7-14/h4,6-11,13,18H,3,5,12H2,1-2H3. The van der Waals surface area contributed by atoms with Crippen LogP contribution in [-0.4, -0.2) is 25.0 Å². The van der Waals surface area contributed by atoms with Gasteiger partial charge in [-0.15, -0.1) is 0 Å². The van der Waals surface area contributed by atoms with Gasteiger partial charge in [0.25, 0.3) is 0 Å². The van der Waals surface area contributed by atoms with Crippen molar-refractivity contribution in [2.75, 3.05) is 14.2 Å². The minimum Gasteiger partial charge on any atom is -0.493 e. The van der Waals surface area contributed by atoms with Crippen molar-refractivity contribution in [2.24, 2.45) is 0 Å². The van der Waals surface area contributed by atoms with Crippen molar-refractivity contribution >= 4 is 28.5 Å². The van der Waals surface area contributed by atoms with Crippen molar-refractivity contribution in [1.82, 2.24) is 4.90 Å². The van der Waals surface area contributed by atoms with Gasteiger partial charge >= 0.3 is 0 Å². The second-order valence-electron chi connectivity index (χ2n) is 6.31.